The van der Waals surface area contributed by atoms with Gasteiger partial charge >= 0.3 is 5.97 Å². The highest BCUT2D eigenvalue weighted by molar-refractivity contribution is 5.85. The van der Waals surface area contributed by atoms with Crippen molar-refractivity contribution in [3.63, 3.8) is 0 Å². The molecule has 3 atom stereocenters. The van der Waals surface area contributed by atoms with Crippen molar-refractivity contribution in [3.8, 4) is 0 Å². The van der Waals surface area contributed by atoms with Crippen LogP contribution < -0.4 is 0 Å². The fraction of sp³-hybridized carbons (Fsp3) is 0.500. The number of carboxylic acid groups (broad SMARTS) is 1. The lowest BCUT2D eigenvalue weighted by Crippen LogP contribution is -2.36. The molecule has 0 saturated heterocycles. The largest absolute Gasteiger partial charge is 0.481 e. The van der Waals surface area contributed by atoms with Gasteiger partial charge in [0, 0.05) is 13.6 Å². The lowest BCUT2D eigenvalue weighted by Gasteiger charge is -2.23. The van der Waals surface area contributed by atoms with Crippen LogP contribution in [0.3, 0.4) is 0 Å². The van der Waals surface area contributed by atoms with E-state index in [2.05, 4.69) is 0 Å². The van der Waals surface area contributed by atoms with Crippen molar-refractivity contribution in [1.82, 2.24) is 4.90 Å². The van der Waals surface area contributed by atoms with E-state index in [4.69, 9.17) is 0 Å². The molecule has 0 radical (unpaired) electrons. The Kier molecular flexibility index (Phi) is 4.60. The number of rotatable bonds is 4. The van der Waals surface area contributed by atoms with Crippen molar-refractivity contribution in [3.05, 3.63) is 35.6 Å². The highest BCUT2D eigenvalue weighted by Gasteiger charge is 2.42. The number of carbonyl (C=O) groups is 2. The summed E-state index contributed by atoms with van der Waals surface area (Å²) >= 11 is 0. The summed E-state index contributed by atoms with van der Waals surface area (Å²) < 4.78 is 12.9. The van der Waals surface area contributed by atoms with Crippen LogP contribution in [0.15, 0.2) is 24.3 Å². The summed E-state index contributed by atoms with van der Waals surface area (Å²) in [5.41, 5.74) is 0.824. The van der Waals surface area contributed by atoms with E-state index in [9.17, 15) is 19.1 Å². The van der Waals surface area contributed by atoms with Crippen LogP contribution in [0.2, 0.25) is 0 Å². The zero-order chi connectivity index (χ0) is 15.6. The standard InChI is InChI=1S/C16H20FNO3/c1-10-7-13(14(8-10)16(20)21)15(19)18(2)9-11-3-5-12(17)6-4-11/h3-6,10,13-14H,7-9H2,1-2H3,(H,20,21)/t10?,13-,14+/m0/s1. The Hall–Kier alpha value is -1.91. The summed E-state index contributed by atoms with van der Waals surface area (Å²) in [6, 6.07) is 5.97. The van der Waals surface area contributed by atoms with Crippen molar-refractivity contribution in [2.24, 2.45) is 17.8 Å². The molecule has 0 aromatic heterocycles. The second-order valence-electron chi connectivity index (χ2n) is 5.95. The van der Waals surface area contributed by atoms with E-state index < -0.39 is 17.8 Å². The van der Waals surface area contributed by atoms with Crippen LogP contribution in [0.4, 0.5) is 4.39 Å². The van der Waals surface area contributed by atoms with Crippen LogP contribution in [0.5, 0.6) is 0 Å². The first-order valence-electron chi connectivity index (χ1n) is 7.10. The molecule has 1 saturated carbocycles. The summed E-state index contributed by atoms with van der Waals surface area (Å²) in [5.74, 6) is -2.15. The Morgan fingerprint density at radius 1 is 1.24 bits per heavy atom. The zero-order valence-corrected chi connectivity index (χ0v) is 12.3. The van der Waals surface area contributed by atoms with Gasteiger partial charge in [-0.1, -0.05) is 19.1 Å². The first kappa shape index (κ1) is 15.5. The van der Waals surface area contributed by atoms with E-state index in [1.54, 1.807) is 19.2 Å². The van der Waals surface area contributed by atoms with Crippen LogP contribution >= 0.6 is 0 Å². The molecule has 1 fully saturated rings. The normalized spacial score (nSPS) is 24.8. The third kappa shape index (κ3) is 3.60. The highest BCUT2D eigenvalue weighted by atomic mass is 19.1. The Balaban J connectivity index is 2.04. The molecule has 114 valence electrons. The molecule has 1 aliphatic rings. The Morgan fingerprint density at radius 3 is 2.38 bits per heavy atom. The lowest BCUT2D eigenvalue weighted by atomic mass is 9.94. The van der Waals surface area contributed by atoms with Crippen LogP contribution in [0.1, 0.15) is 25.3 Å². The van der Waals surface area contributed by atoms with Gasteiger partial charge in [0.1, 0.15) is 5.82 Å². The quantitative estimate of drug-likeness (QED) is 0.928. The Morgan fingerprint density at radius 2 is 1.81 bits per heavy atom. The van der Waals surface area contributed by atoms with Gasteiger partial charge in [0.15, 0.2) is 0 Å². The van der Waals surface area contributed by atoms with Gasteiger partial charge in [-0.3, -0.25) is 9.59 Å². The SMILES string of the molecule is CC1C[C@H](C(=O)N(C)Cc2ccc(F)cc2)[C@H](C(=O)O)C1. The van der Waals surface area contributed by atoms with E-state index in [0.717, 1.165) is 5.56 Å². The average Bonchev–Trinajstić information content (AvgIpc) is 2.82. The van der Waals surface area contributed by atoms with Crippen molar-refractivity contribution < 1.29 is 19.1 Å². The summed E-state index contributed by atoms with van der Waals surface area (Å²) in [6.45, 7) is 2.33. The van der Waals surface area contributed by atoms with Gasteiger partial charge in [0.2, 0.25) is 5.91 Å². The number of aliphatic carboxylic acids is 1. The molecule has 0 heterocycles. The topological polar surface area (TPSA) is 57.6 Å². The van der Waals surface area contributed by atoms with Crippen LogP contribution in [-0.2, 0) is 16.1 Å². The van der Waals surface area contributed by atoms with Crippen molar-refractivity contribution >= 4 is 11.9 Å². The predicted molar refractivity (Wildman–Crippen MR) is 75.9 cm³/mol. The van der Waals surface area contributed by atoms with Gasteiger partial charge in [0.25, 0.3) is 0 Å². The smallest absolute Gasteiger partial charge is 0.307 e. The minimum atomic E-state index is -0.895. The lowest BCUT2D eigenvalue weighted by molar-refractivity contribution is -0.148. The second-order valence-corrected chi connectivity index (χ2v) is 5.95. The van der Waals surface area contributed by atoms with Crippen LogP contribution in [0, 0.1) is 23.6 Å². The minimum Gasteiger partial charge on any atom is -0.481 e. The molecule has 1 aromatic rings. The zero-order valence-electron chi connectivity index (χ0n) is 12.3. The predicted octanol–water partition coefficient (Wildman–Crippen LogP) is 2.53. The molecule has 0 spiro atoms. The number of nitrogens with zero attached hydrogens (tertiary/aromatic N) is 1. The summed E-state index contributed by atoms with van der Waals surface area (Å²) in [4.78, 5) is 25.3. The van der Waals surface area contributed by atoms with Gasteiger partial charge in [-0.05, 0) is 36.5 Å². The Bertz CT molecular complexity index is 529. The molecule has 1 aliphatic carbocycles. The molecule has 1 aromatic carbocycles. The number of amides is 1. The summed E-state index contributed by atoms with van der Waals surface area (Å²) in [5, 5.41) is 9.24. The molecule has 5 heteroatoms. The molecular formula is C16H20FNO3. The first-order chi connectivity index (χ1) is 9.88. The summed E-state index contributed by atoms with van der Waals surface area (Å²) in [7, 11) is 1.66. The van der Waals surface area contributed by atoms with Crippen molar-refractivity contribution in [2.75, 3.05) is 7.05 Å². The molecule has 0 bridgehead atoms. The number of hydrogen-bond acceptors (Lipinski definition) is 2. The number of carboxylic acids is 1. The monoisotopic (exact) mass is 293 g/mol. The van der Waals surface area contributed by atoms with E-state index in [-0.39, 0.29) is 17.6 Å². The fourth-order valence-electron chi connectivity index (χ4n) is 3.06. The molecule has 1 unspecified atom stereocenters. The third-order valence-electron chi connectivity index (χ3n) is 4.14. The van der Waals surface area contributed by atoms with E-state index in [1.165, 1.54) is 17.0 Å². The maximum absolute atomic E-state index is 12.9. The second kappa shape index (κ2) is 6.24. The molecule has 2 rings (SSSR count). The first-order valence-corrected chi connectivity index (χ1v) is 7.10. The average molecular weight is 293 g/mol. The molecule has 1 amide bonds. The van der Waals surface area contributed by atoms with Crippen molar-refractivity contribution in [2.45, 2.75) is 26.3 Å². The molecule has 21 heavy (non-hydrogen) atoms. The number of hydrogen-bond donors (Lipinski definition) is 1. The Labute approximate surface area is 123 Å². The maximum Gasteiger partial charge on any atom is 0.307 e. The number of halogens is 1. The van der Waals surface area contributed by atoms with Gasteiger partial charge in [0.05, 0.1) is 11.8 Å². The van der Waals surface area contributed by atoms with Crippen molar-refractivity contribution in [1.29, 1.82) is 0 Å². The van der Waals surface area contributed by atoms with E-state index >= 15 is 0 Å². The molecule has 1 N–H and O–H groups in total. The molecule has 0 aliphatic heterocycles. The van der Waals surface area contributed by atoms with E-state index in [1.807, 2.05) is 6.92 Å². The summed E-state index contributed by atoms with van der Waals surface area (Å²) in [6.07, 6.45) is 1.17. The van der Waals surface area contributed by atoms with Gasteiger partial charge < -0.3 is 10.0 Å². The van der Waals surface area contributed by atoms with Crippen LogP contribution in [0.25, 0.3) is 0 Å². The number of benzene rings is 1. The number of carbonyl (C=O) groups excluding carboxylic acids is 1. The van der Waals surface area contributed by atoms with Gasteiger partial charge in [-0.2, -0.15) is 0 Å². The highest BCUT2D eigenvalue weighted by Crippen LogP contribution is 2.37. The van der Waals surface area contributed by atoms with E-state index in [0.29, 0.717) is 19.4 Å². The fourth-order valence-corrected chi connectivity index (χ4v) is 3.06. The maximum atomic E-state index is 12.9. The molecular weight excluding hydrogens is 273 g/mol. The van der Waals surface area contributed by atoms with Gasteiger partial charge in [-0.25, -0.2) is 4.39 Å². The molecule has 4 nitrogen and oxygen atoms in total. The minimum absolute atomic E-state index is 0.143. The van der Waals surface area contributed by atoms with Gasteiger partial charge in [-0.15, -0.1) is 0 Å². The van der Waals surface area contributed by atoms with Crippen LogP contribution in [-0.4, -0.2) is 28.9 Å². The third-order valence-corrected chi connectivity index (χ3v) is 4.14.